The van der Waals surface area contributed by atoms with E-state index in [1.165, 1.54) is 0 Å². The molecule has 3 N–H and O–H groups in total. The number of halogens is 2. The zero-order valence-electron chi connectivity index (χ0n) is 13.4. The first-order valence-electron chi connectivity index (χ1n) is 7.66. The van der Waals surface area contributed by atoms with E-state index in [1.54, 1.807) is 4.90 Å². The van der Waals surface area contributed by atoms with E-state index in [1.807, 2.05) is 13.8 Å². The third-order valence-electron chi connectivity index (χ3n) is 5.17. The lowest BCUT2D eigenvalue weighted by molar-refractivity contribution is -0.00965. The van der Waals surface area contributed by atoms with Crippen molar-refractivity contribution in [2.75, 3.05) is 18.0 Å². The van der Waals surface area contributed by atoms with Gasteiger partial charge in [0.1, 0.15) is 11.6 Å². The Bertz CT molecular complexity index is 710. The van der Waals surface area contributed by atoms with E-state index in [0.717, 1.165) is 6.07 Å². The first-order chi connectivity index (χ1) is 11.2. The Balaban J connectivity index is 1.96. The maximum Gasteiger partial charge on any atom is 0.317 e. The molecule has 24 heavy (non-hydrogen) atoms. The third kappa shape index (κ3) is 2.32. The highest BCUT2D eigenvalue weighted by Gasteiger charge is 2.58. The molecule has 2 unspecified atom stereocenters. The highest BCUT2D eigenvalue weighted by Crippen LogP contribution is 2.44. The molecule has 0 aliphatic carbocycles. The van der Waals surface area contributed by atoms with E-state index in [0.29, 0.717) is 31.9 Å². The smallest absolute Gasteiger partial charge is 0.317 e. The lowest BCUT2D eigenvalue weighted by Gasteiger charge is -2.52. The van der Waals surface area contributed by atoms with Gasteiger partial charge in [-0.05, 0) is 12.5 Å². The molecular weight excluding hydrogens is 320 g/mol. The fourth-order valence-corrected chi connectivity index (χ4v) is 3.80. The molecule has 0 radical (unpaired) electrons. The summed E-state index contributed by atoms with van der Waals surface area (Å²) in [6, 6.07) is 1.35. The fraction of sp³-hybridized carbons (Fsp3) is 0.500. The van der Waals surface area contributed by atoms with Crippen molar-refractivity contribution in [2.45, 2.75) is 32.0 Å². The van der Waals surface area contributed by atoms with Crippen LogP contribution in [0.4, 0.5) is 19.3 Å². The Morgan fingerprint density at radius 1 is 1.38 bits per heavy atom. The highest BCUT2D eigenvalue weighted by atomic mass is 19.1. The molecule has 6 nitrogen and oxygen atoms in total. The summed E-state index contributed by atoms with van der Waals surface area (Å²) in [5, 5.41) is 15.5. The third-order valence-corrected chi connectivity index (χ3v) is 5.17. The van der Waals surface area contributed by atoms with Gasteiger partial charge in [-0.1, -0.05) is 13.8 Å². The number of hydrogen-bond donors (Lipinski definition) is 3. The molecule has 2 amide bonds. The van der Waals surface area contributed by atoms with Gasteiger partial charge in [-0.2, -0.15) is 0 Å². The van der Waals surface area contributed by atoms with Crippen molar-refractivity contribution >= 4 is 18.0 Å². The van der Waals surface area contributed by atoms with Crippen molar-refractivity contribution in [3.63, 3.8) is 0 Å². The average molecular weight is 339 g/mol. The largest absolute Gasteiger partial charge is 0.371 e. The summed E-state index contributed by atoms with van der Waals surface area (Å²) < 4.78 is 27.5. The molecule has 2 saturated heterocycles. The number of aliphatic hydroxyl groups excluding tert-OH is 1. The molecule has 1 aromatic rings. The molecule has 2 aliphatic heterocycles. The van der Waals surface area contributed by atoms with Gasteiger partial charge >= 0.3 is 6.03 Å². The first-order valence-corrected chi connectivity index (χ1v) is 7.66. The van der Waals surface area contributed by atoms with Crippen molar-refractivity contribution in [2.24, 2.45) is 5.41 Å². The van der Waals surface area contributed by atoms with Gasteiger partial charge in [0.2, 0.25) is 0 Å². The van der Waals surface area contributed by atoms with Crippen molar-refractivity contribution in [3.8, 4) is 0 Å². The predicted octanol–water partition coefficient (Wildman–Crippen LogP) is 1.38. The number of benzene rings is 1. The van der Waals surface area contributed by atoms with Gasteiger partial charge in [0, 0.05) is 24.6 Å². The Hall–Kier alpha value is -2.22. The van der Waals surface area contributed by atoms with Crippen LogP contribution in [0.25, 0.3) is 0 Å². The van der Waals surface area contributed by atoms with Crippen molar-refractivity contribution in [3.05, 3.63) is 29.3 Å². The number of carbonyl (C=O) groups is 2. The summed E-state index contributed by atoms with van der Waals surface area (Å²) in [5.74, 6) is -1.67. The van der Waals surface area contributed by atoms with Crippen LogP contribution in [0, 0.1) is 17.0 Å². The van der Waals surface area contributed by atoms with Gasteiger partial charge in [-0.3, -0.25) is 4.79 Å². The zero-order valence-corrected chi connectivity index (χ0v) is 13.4. The summed E-state index contributed by atoms with van der Waals surface area (Å²) in [4.78, 5) is 24.5. The molecule has 8 heteroatoms. The molecule has 3 rings (SSSR count). The summed E-state index contributed by atoms with van der Waals surface area (Å²) in [7, 11) is 0. The molecule has 0 bridgehead atoms. The highest BCUT2D eigenvalue weighted by molar-refractivity contribution is 5.85. The van der Waals surface area contributed by atoms with E-state index in [2.05, 4.69) is 10.6 Å². The van der Waals surface area contributed by atoms with Crippen molar-refractivity contribution < 1.29 is 23.5 Å². The van der Waals surface area contributed by atoms with Gasteiger partial charge in [-0.25, -0.2) is 13.6 Å². The number of amides is 2. The number of urea groups is 1. The van der Waals surface area contributed by atoms with E-state index < -0.39 is 34.8 Å². The van der Waals surface area contributed by atoms with E-state index >= 15 is 0 Å². The van der Waals surface area contributed by atoms with E-state index in [4.69, 9.17) is 0 Å². The zero-order chi connectivity index (χ0) is 17.7. The van der Waals surface area contributed by atoms with Crippen LogP contribution in [0.15, 0.2) is 12.1 Å². The van der Waals surface area contributed by atoms with E-state index in [-0.39, 0.29) is 11.3 Å². The number of hydrogen-bond acceptors (Lipinski definition) is 4. The van der Waals surface area contributed by atoms with Gasteiger partial charge in [0.15, 0.2) is 12.5 Å². The van der Waals surface area contributed by atoms with Crippen LogP contribution in [-0.4, -0.2) is 42.3 Å². The first kappa shape index (κ1) is 16.6. The second-order valence-electron chi connectivity index (χ2n) is 6.97. The van der Waals surface area contributed by atoms with Gasteiger partial charge in [-0.15, -0.1) is 0 Å². The fourth-order valence-electron chi connectivity index (χ4n) is 3.80. The van der Waals surface area contributed by atoms with Crippen LogP contribution >= 0.6 is 0 Å². The quantitative estimate of drug-likeness (QED) is 0.711. The molecule has 1 aromatic carbocycles. The van der Waals surface area contributed by atoms with E-state index in [9.17, 15) is 23.5 Å². The van der Waals surface area contributed by atoms with Gasteiger partial charge in [0.05, 0.1) is 16.8 Å². The average Bonchev–Trinajstić information content (AvgIpc) is 2.77. The second-order valence-corrected chi connectivity index (χ2v) is 6.97. The van der Waals surface area contributed by atoms with Crippen molar-refractivity contribution in [1.29, 1.82) is 0 Å². The topological polar surface area (TPSA) is 81.7 Å². The number of piperidine rings is 1. The van der Waals surface area contributed by atoms with Gasteiger partial charge in [0.25, 0.3) is 0 Å². The number of rotatable bonds is 2. The minimum absolute atomic E-state index is 0.178. The molecule has 0 saturated carbocycles. The molecule has 0 aromatic heterocycles. The Labute approximate surface area is 137 Å². The molecule has 2 heterocycles. The van der Waals surface area contributed by atoms with Crippen LogP contribution in [0.5, 0.6) is 0 Å². The molecular formula is C16H19F2N3O3. The summed E-state index contributed by atoms with van der Waals surface area (Å²) >= 11 is 0. The predicted molar refractivity (Wildman–Crippen MR) is 82.8 cm³/mol. The number of nitrogens with zero attached hydrogens (tertiary/aromatic N) is 1. The van der Waals surface area contributed by atoms with Crippen LogP contribution < -0.4 is 15.5 Å². The number of aldehydes is 1. The second kappa shape index (κ2) is 5.41. The number of aliphatic hydroxyl groups is 1. The van der Waals surface area contributed by atoms with Crippen LogP contribution in [0.2, 0.25) is 0 Å². The number of anilines is 1. The minimum Gasteiger partial charge on any atom is -0.371 e. The summed E-state index contributed by atoms with van der Waals surface area (Å²) in [5.41, 5.74) is -1.52. The SMILES string of the molecule is CC1(C)CN(c2cc(F)cc(F)c2C=O)CCC12NC(=O)NC2O. The molecule has 2 aliphatic rings. The summed E-state index contributed by atoms with van der Waals surface area (Å²) in [6.45, 7) is 4.33. The standard InChI is InChI=1S/C16H19F2N3O3/c1-15(2)8-21(4-3-16(15)13(23)19-14(24)20-16)12-6-9(17)5-11(18)10(12)7-22/h5-7,13,23H,3-4,8H2,1-2H3,(H2,19,20,24). The van der Waals surface area contributed by atoms with Crippen LogP contribution in [0.1, 0.15) is 30.6 Å². The maximum absolute atomic E-state index is 13.9. The van der Waals surface area contributed by atoms with Gasteiger partial charge < -0.3 is 20.6 Å². The monoisotopic (exact) mass is 339 g/mol. The summed E-state index contributed by atoms with van der Waals surface area (Å²) in [6.07, 6.45) is -0.331. The maximum atomic E-state index is 13.9. The Morgan fingerprint density at radius 2 is 2.08 bits per heavy atom. The normalized spacial score (nSPS) is 28.6. The molecule has 1 spiro atoms. The molecule has 130 valence electrons. The Kier molecular flexibility index (Phi) is 3.75. The Morgan fingerprint density at radius 3 is 2.62 bits per heavy atom. The number of carbonyl (C=O) groups excluding carboxylic acids is 2. The van der Waals surface area contributed by atoms with Crippen molar-refractivity contribution in [1.82, 2.24) is 10.6 Å². The molecule has 2 fully saturated rings. The molecule has 2 atom stereocenters. The minimum atomic E-state index is -1.06. The lowest BCUT2D eigenvalue weighted by atomic mass is 9.66. The lowest BCUT2D eigenvalue weighted by Crippen LogP contribution is -2.67. The van der Waals surface area contributed by atoms with Crippen LogP contribution in [-0.2, 0) is 0 Å². The van der Waals surface area contributed by atoms with Crippen LogP contribution in [0.3, 0.4) is 0 Å². The number of nitrogens with one attached hydrogen (secondary N) is 2.